The number of hydrogen-bond donors (Lipinski definition) is 1. The molecule has 150 valence electrons. The maximum absolute atomic E-state index is 14.2. The van der Waals surface area contributed by atoms with Crippen LogP contribution in [0.2, 0.25) is 0 Å². The van der Waals surface area contributed by atoms with Gasteiger partial charge in [-0.25, -0.2) is 17.2 Å². The molecule has 5 nitrogen and oxygen atoms in total. The van der Waals surface area contributed by atoms with E-state index in [4.69, 9.17) is 0 Å². The van der Waals surface area contributed by atoms with Crippen LogP contribution in [0.15, 0.2) is 47.4 Å². The molecule has 2 atom stereocenters. The summed E-state index contributed by atoms with van der Waals surface area (Å²) < 4.78 is 54.6. The van der Waals surface area contributed by atoms with E-state index in [0.29, 0.717) is 13.1 Å². The number of benzene rings is 2. The van der Waals surface area contributed by atoms with Gasteiger partial charge in [-0.15, -0.1) is 0 Å². The van der Waals surface area contributed by atoms with E-state index in [-0.39, 0.29) is 28.0 Å². The molecule has 1 aliphatic heterocycles. The largest absolute Gasteiger partial charge is 0.322 e. The molecule has 28 heavy (non-hydrogen) atoms. The molecule has 0 unspecified atom stereocenters. The zero-order valence-corrected chi connectivity index (χ0v) is 16.5. The zero-order valence-electron chi connectivity index (χ0n) is 15.7. The van der Waals surface area contributed by atoms with E-state index in [1.54, 1.807) is 0 Å². The fourth-order valence-electron chi connectivity index (χ4n) is 3.52. The van der Waals surface area contributed by atoms with E-state index in [0.717, 1.165) is 30.7 Å². The zero-order chi connectivity index (χ0) is 20.5. The summed E-state index contributed by atoms with van der Waals surface area (Å²) in [6.45, 7) is 4.76. The van der Waals surface area contributed by atoms with Gasteiger partial charge in [0.25, 0.3) is 5.91 Å². The van der Waals surface area contributed by atoms with E-state index in [2.05, 4.69) is 5.32 Å². The van der Waals surface area contributed by atoms with Crippen molar-refractivity contribution >= 4 is 21.6 Å². The topological polar surface area (TPSA) is 66.5 Å². The van der Waals surface area contributed by atoms with E-state index in [1.807, 2.05) is 13.8 Å². The van der Waals surface area contributed by atoms with Crippen LogP contribution in [0.4, 0.5) is 14.5 Å². The van der Waals surface area contributed by atoms with Gasteiger partial charge in [-0.05, 0) is 60.7 Å². The first kappa shape index (κ1) is 20.4. The number of amides is 1. The van der Waals surface area contributed by atoms with Gasteiger partial charge in [-0.3, -0.25) is 4.79 Å². The number of hydrogen-bond acceptors (Lipinski definition) is 3. The van der Waals surface area contributed by atoms with Crippen molar-refractivity contribution in [2.24, 2.45) is 11.8 Å². The quantitative estimate of drug-likeness (QED) is 0.835. The summed E-state index contributed by atoms with van der Waals surface area (Å²) in [4.78, 5) is 12.3. The molecule has 8 heteroatoms. The highest BCUT2D eigenvalue weighted by atomic mass is 32.2. The lowest BCUT2D eigenvalue weighted by atomic mass is 9.94. The molecule has 1 aliphatic rings. The second-order valence-electron chi connectivity index (χ2n) is 7.37. The average Bonchev–Trinajstić information content (AvgIpc) is 2.63. The molecule has 3 rings (SSSR count). The smallest absolute Gasteiger partial charge is 0.258 e. The van der Waals surface area contributed by atoms with Crippen LogP contribution in [0, 0.1) is 23.5 Å². The van der Waals surface area contributed by atoms with Gasteiger partial charge in [-0.1, -0.05) is 13.8 Å². The molecule has 2 aromatic rings. The van der Waals surface area contributed by atoms with Crippen LogP contribution in [-0.4, -0.2) is 31.7 Å². The Morgan fingerprint density at radius 2 is 1.64 bits per heavy atom. The van der Waals surface area contributed by atoms with Gasteiger partial charge < -0.3 is 5.32 Å². The molecule has 0 saturated carbocycles. The predicted molar refractivity (Wildman–Crippen MR) is 102 cm³/mol. The molecule has 0 radical (unpaired) electrons. The van der Waals surface area contributed by atoms with Crippen molar-refractivity contribution in [3.8, 4) is 0 Å². The Kier molecular flexibility index (Phi) is 5.81. The van der Waals surface area contributed by atoms with Crippen molar-refractivity contribution in [3.63, 3.8) is 0 Å². The van der Waals surface area contributed by atoms with Gasteiger partial charge in [0, 0.05) is 18.8 Å². The van der Waals surface area contributed by atoms with E-state index in [1.165, 1.54) is 22.5 Å². The molecule has 1 saturated heterocycles. The normalized spacial score (nSPS) is 20.7. The van der Waals surface area contributed by atoms with Gasteiger partial charge in [0.1, 0.15) is 11.6 Å². The van der Waals surface area contributed by atoms with Crippen LogP contribution in [0.25, 0.3) is 0 Å². The van der Waals surface area contributed by atoms with Gasteiger partial charge in [0.05, 0.1) is 10.5 Å². The third-order valence-electron chi connectivity index (χ3n) is 4.76. The second kappa shape index (κ2) is 7.97. The summed E-state index contributed by atoms with van der Waals surface area (Å²) in [5.41, 5.74) is -0.110. The Bertz CT molecular complexity index is 967. The number of anilines is 1. The first-order valence-electron chi connectivity index (χ1n) is 9.03. The lowest BCUT2D eigenvalue weighted by Gasteiger charge is -2.34. The van der Waals surface area contributed by atoms with Gasteiger partial charge >= 0.3 is 0 Å². The molecule has 1 fully saturated rings. The van der Waals surface area contributed by atoms with Crippen LogP contribution in [0.3, 0.4) is 0 Å². The maximum atomic E-state index is 14.2. The minimum atomic E-state index is -3.84. The van der Waals surface area contributed by atoms with Crippen molar-refractivity contribution in [1.82, 2.24) is 4.31 Å². The molecule has 0 bridgehead atoms. The summed E-state index contributed by atoms with van der Waals surface area (Å²) in [7, 11) is -3.84. The monoisotopic (exact) mass is 408 g/mol. The Morgan fingerprint density at radius 3 is 2.25 bits per heavy atom. The number of piperidine rings is 1. The van der Waals surface area contributed by atoms with Crippen molar-refractivity contribution in [1.29, 1.82) is 0 Å². The van der Waals surface area contributed by atoms with Gasteiger partial charge in [-0.2, -0.15) is 4.31 Å². The molecule has 0 aromatic heterocycles. The van der Waals surface area contributed by atoms with E-state index < -0.39 is 27.6 Å². The lowest BCUT2D eigenvalue weighted by molar-refractivity contribution is 0.102. The standard InChI is InChI=1S/C20H22F2N2O3S/c1-13-9-14(2)12-24(11-13)28(26,27)17-7-8-19(22)18(10-17)20(25)23-16-5-3-15(21)4-6-16/h3-8,10,13-14H,9,11-12H2,1-2H3,(H,23,25)/t13-,14-/m0/s1. The van der Waals surface area contributed by atoms with Crippen LogP contribution >= 0.6 is 0 Å². The molecule has 2 aromatic carbocycles. The van der Waals surface area contributed by atoms with E-state index >= 15 is 0 Å². The fraction of sp³-hybridized carbons (Fsp3) is 0.350. The van der Waals surface area contributed by atoms with Gasteiger partial charge in [0.2, 0.25) is 10.0 Å². The summed E-state index contributed by atoms with van der Waals surface area (Å²) in [5.74, 6) is -1.66. The Labute approximate surface area is 163 Å². The highest BCUT2D eigenvalue weighted by molar-refractivity contribution is 7.89. The first-order chi connectivity index (χ1) is 13.2. The number of halogens is 2. The molecule has 1 heterocycles. The summed E-state index contributed by atoms with van der Waals surface area (Å²) in [5, 5.41) is 2.44. The first-order valence-corrected chi connectivity index (χ1v) is 10.5. The average molecular weight is 408 g/mol. The summed E-state index contributed by atoms with van der Waals surface area (Å²) >= 11 is 0. The minimum absolute atomic E-state index is 0.126. The van der Waals surface area contributed by atoms with Crippen LogP contribution in [0.5, 0.6) is 0 Å². The van der Waals surface area contributed by atoms with Crippen LogP contribution in [-0.2, 0) is 10.0 Å². The fourth-order valence-corrected chi connectivity index (χ4v) is 5.23. The highest BCUT2D eigenvalue weighted by Crippen LogP contribution is 2.27. The Morgan fingerprint density at radius 1 is 1.04 bits per heavy atom. The summed E-state index contributed by atoms with van der Waals surface area (Å²) in [6.07, 6.45) is 0.945. The second-order valence-corrected chi connectivity index (χ2v) is 9.31. The Hall–Kier alpha value is -2.32. The number of carbonyl (C=O) groups excluding carboxylic acids is 1. The molecular formula is C20H22F2N2O3S. The van der Waals surface area contributed by atoms with Crippen molar-refractivity contribution in [3.05, 3.63) is 59.7 Å². The minimum Gasteiger partial charge on any atom is -0.322 e. The number of rotatable bonds is 4. The molecule has 0 spiro atoms. The lowest BCUT2D eigenvalue weighted by Crippen LogP contribution is -2.42. The number of nitrogens with zero attached hydrogens (tertiary/aromatic N) is 1. The van der Waals surface area contributed by atoms with Crippen molar-refractivity contribution in [2.45, 2.75) is 25.2 Å². The molecule has 1 N–H and O–H groups in total. The van der Waals surface area contributed by atoms with Crippen molar-refractivity contribution in [2.75, 3.05) is 18.4 Å². The number of carbonyl (C=O) groups is 1. The maximum Gasteiger partial charge on any atom is 0.258 e. The predicted octanol–water partition coefficient (Wildman–Crippen LogP) is 3.88. The van der Waals surface area contributed by atoms with E-state index in [9.17, 15) is 22.0 Å². The van der Waals surface area contributed by atoms with Gasteiger partial charge in [0.15, 0.2) is 0 Å². The van der Waals surface area contributed by atoms with Crippen LogP contribution in [0.1, 0.15) is 30.6 Å². The Balaban J connectivity index is 1.88. The number of sulfonamides is 1. The van der Waals surface area contributed by atoms with Crippen LogP contribution < -0.4 is 5.32 Å². The third kappa shape index (κ3) is 4.39. The SMILES string of the molecule is C[C@H]1C[C@H](C)CN(S(=O)(=O)c2ccc(F)c(C(=O)Nc3ccc(F)cc3)c2)C1. The molecular weight excluding hydrogens is 386 g/mol. The third-order valence-corrected chi connectivity index (χ3v) is 6.59. The number of nitrogens with one attached hydrogen (secondary N) is 1. The molecule has 0 aliphatic carbocycles. The molecule has 1 amide bonds. The highest BCUT2D eigenvalue weighted by Gasteiger charge is 2.32. The summed E-state index contributed by atoms with van der Waals surface area (Å²) in [6, 6.07) is 8.18. The van der Waals surface area contributed by atoms with Crippen molar-refractivity contribution < 1.29 is 22.0 Å².